The summed E-state index contributed by atoms with van der Waals surface area (Å²) in [5, 5.41) is 2.48. The summed E-state index contributed by atoms with van der Waals surface area (Å²) in [6.07, 6.45) is 1.99. The number of aromatic nitrogens is 1. The van der Waals surface area contributed by atoms with Gasteiger partial charge < -0.3 is 33.7 Å². The lowest BCUT2D eigenvalue weighted by atomic mass is 10.1. The van der Waals surface area contributed by atoms with E-state index >= 15 is 0 Å². The molecule has 4 aliphatic rings. The van der Waals surface area contributed by atoms with Gasteiger partial charge in [0.05, 0.1) is 19.8 Å². The van der Waals surface area contributed by atoms with E-state index in [1.807, 2.05) is 0 Å². The number of fused-ring (bicyclic) bond motifs is 4. The molecule has 3 saturated heterocycles. The van der Waals surface area contributed by atoms with Crippen LogP contribution in [0.4, 0.5) is 13.6 Å². The minimum Gasteiger partial charge on any atom is -0.451 e. The Morgan fingerprint density at radius 1 is 1.07 bits per heavy atom. The first-order chi connectivity index (χ1) is 21.3. The lowest BCUT2D eigenvalue weighted by Crippen LogP contribution is -2.50. The Hall–Kier alpha value is -4.08. The smallest absolute Gasteiger partial charge is 0.451 e. The molecule has 44 heavy (non-hydrogen) atoms. The van der Waals surface area contributed by atoms with E-state index in [4.69, 9.17) is 18.9 Å². The Labute approximate surface area is 251 Å². The molecular formula is C29H33F2N5O8. The molecule has 1 N–H and O–H groups in total. The molecule has 2 atom stereocenters. The number of morpholine rings is 1. The second-order valence-corrected chi connectivity index (χ2v) is 11.1. The Kier molecular flexibility index (Phi) is 8.77. The number of carbonyl (C=O) groups excluding carboxylic acids is 3. The molecule has 6 rings (SSSR count). The summed E-state index contributed by atoms with van der Waals surface area (Å²) >= 11 is 0. The van der Waals surface area contributed by atoms with Gasteiger partial charge in [-0.25, -0.2) is 13.6 Å². The Morgan fingerprint density at radius 2 is 1.89 bits per heavy atom. The highest BCUT2D eigenvalue weighted by molar-refractivity contribution is 5.99. The van der Waals surface area contributed by atoms with Crippen molar-refractivity contribution in [3.05, 3.63) is 63.1 Å². The Morgan fingerprint density at radius 3 is 2.68 bits per heavy atom. The van der Waals surface area contributed by atoms with E-state index in [-0.39, 0.29) is 48.7 Å². The predicted octanol–water partition coefficient (Wildman–Crippen LogP) is 1.14. The molecule has 13 nitrogen and oxygen atoms in total. The number of ether oxygens (including phenoxy) is 4. The fourth-order valence-electron chi connectivity index (χ4n) is 6.20. The van der Waals surface area contributed by atoms with Gasteiger partial charge in [-0.2, -0.15) is 0 Å². The molecular weight excluding hydrogens is 584 g/mol. The van der Waals surface area contributed by atoms with Crippen molar-refractivity contribution in [2.45, 2.75) is 38.1 Å². The van der Waals surface area contributed by atoms with E-state index in [1.165, 1.54) is 16.8 Å². The van der Waals surface area contributed by atoms with Gasteiger partial charge in [-0.3, -0.25) is 24.2 Å². The highest BCUT2D eigenvalue weighted by Gasteiger charge is 2.48. The fourth-order valence-corrected chi connectivity index (χ4v) is 6.20. The van der Waals surface area contributed by atoms with Crippen LogP contribution in [0.1, 0.15) is 39.3 Å². The van der Waals surface area contributed by atoms with Gasteiger partial charge in [-0.15, -0.1) is 0 Å². The van der Waals surface area contributed by atoms with Crippen LogP contribution in [0.15, 0.2) is 29.2 Å². The highest BCUT2D eigenvalue weighted by atomic mass is 19.1. The summed E-state index contributed by atoms with van der Waals surface area (Å²) in [6, 6.07) is 3.15. The predicted molar refractivity (Wildman–Crippen MR) is 148 cm³/mol. The maximum Gasteiger partial charge on any atom is 0.511 e. The van der Waals surface area contributed by atoms with Crippen LogP contribution in [0.25, 0.3) is 0 Å². The molecule has 4 aliphatic heterocycles. The minimum absolute atomic E-state index is 0.0201. The maximum absolute atomic E-state index is 14.1. The number of carbonyl (C=O) groups is 3. The van der Waals surface area contributed by atoms with E-state index in [2.05, 4.69) is 15.1 Å². The molecule has 1 unspecified atom stereocenters. The van der Waals surface area contributed by atoms with Crippen LogP contribution < -0.4 is 15.5 Å². The minimum atomic E-state index is -1.02. The van der Waals surface area contributed by atoms with Crippen LogP contribution in [0.5, 0.6) is 5.75 Å². The van der Waals surface area contributed by atoms with Gasteiger partial charge in [-0.05, 0) is 18.9 Å². The van der Waals surface area contributed by atoms with E-state index in [9.17, 15) is 28.0 Å². The number of rotatable bonds is 9. The van der Waals surface area contributed by atoms with Crippen molar-refractivity contribution in [3.63, 3.8) is 0 Å². The van der Waals surface area contributed by atoms with Crippen LogP contribution >= 0.6 is 0 Å². The number of hydrogen-bond donors (Lipinski definition) is 1. The van der Waals surface area contributed by atoms with E-state index < -0.39 is 47.6 Å². The summed E-state index contributed by atoms with van der Waals surface area (Å²) in [5.41, 5.74) is -1.29. The van der Waals surface area contributed by atoms with E-state index in [1.54, 1.807) is 4.90 Å². The number of pyridine rings is 1. The average molecular weight is 618 g/mol. The van der Waals surface area contributed by atoms with Crippen LogP contribution in [0, 0.1) is 11.6 Å². The summed E-state index contributed by atoms with van der Waals surface area (Å²) in [7, 11) is 0. The number of nitrogens with zero attached hydrogens (tertiary/aromatic N) is 4. The highest BCUT2D eigenvalue weighted by Crippen LogP contribution is 2.35. The van der Waals surface area contributed by atoms with Crippen molar-refractivity contribution in [1.29, 1.82) is 0 Å². The summed E-state index contributed by atoms with van der Waals surface area (Å²) in [5.74, 6) is -3.33. The SMILES string of the molecule is O=C(OCCN1CCOCC1)OCOc1c2n(cc(C(=O)NCc3ccc(F)cc3F)c1=O)C[C@@H]1N(CC3CCCN31)C2=O. The zero-order valence-electron chi connectivity index (χ0n) is 24.0. The van der Waals surface area contributed by atoms with E-state index in [0.717, 1.165) is 38.5 Å². The number of nitrogens with one attached hydrogen (secondary N) is 1. The van der Waals surface area contributed by atoms with Gasteiger partial charge in [0.25, 0.3) is 11.8 Å². The zero-order chi connectivity index (χ0) is 30.8. The molecule has 0 spiro atoms. The molecule has 15 heteroatoms. The molecule has 0 radical (unpaired) electrons. The fraction of sp³-hybridized carbons (Fsp3) is 0.517. The third-order valence-electron chi connectivity index (χ3n) is 8.44. The number of halogens is 2. The molecule has 1 aromatic carbocycles. The van der Waals surface area contributed by atoms with E-state index in [0.29, 0.717) is 32.4 Å². The van der Waals surface area contributed by atoms with Crippen molar-refractivity contribution < 1.29 is 42.1 Å². The average Bonchev–Trinajstić information content (AvgIpc) is 3.61. The van der Waals surface area contributed by atoms with Gasteiger partial charge in [0.15, 0.2) is 5.69 Å². The standard InChI is InChI=1S/C29H33F2N5O8/c30-19-4-3-18(22(31)12-19)13-32-27(38)21-15-34-16-23-35-5-1-2-20(35)14-36(23)28(39)24(34)26(25(21)37)43-17-44-29(40)42-11-8-33-6-9-41-10-7-33/h3-4,12,15,20,23H,1-2,5-11,13-14,16-17H2,(H,32,38)/t20?,23-/m0/s1. The monoisotopic (exact) mass is 617 g/mol. The molecule has 2 amide bonds. The number of hydrogen-bond acceptors (Lipinski definition) is 10. The molecule has 0 saturated carbocycles. The van der Waals surface area contributed by atoms with Crippen molar-refractivity contribution in [3.8, 4) is 5.75 Å². The van der Waals surface area contributed by atoms with Crippen LogP contribution in [0.3, 0.4) is 0 Å². The molecule has 5 heterocycles. The largest absolute Gasteiger partial charge is 0.511 e. The Balaban J connectivity index is 1.19. The van der Waals surface area contributed by atoms with Gasteiger partial charge in [-0.1, -0.05) is 6.07 Å². The van der Waals surface area contributed by atoms with Gasteiger partial charge in [0.2, 0.25) is 18.0 Å². The van der Waals surface area contributed by atoms with Crippen LogP contribution in [0.2, 0.25) is 0 Å². The number of amides is 2. The van der Waals surface area contributed by atoms with Crippen molar-refractivity contribution >= 4 is 18.0 Å². The third kappa shape index (κ3) is 6.12. The topological polar surface area (TPSA) is 132 Å². The summed E-state index contributed by atoms with van der Waals surface area (Å²) < 4.78 is 49.9. The first-order valence-corrected chi connectivity index (χ1v) is 14.6. The molecule has 0 bridgehead atoms. The van der Waals surface area contributed by atoms with Gasteiger partial charge >= 0.3 is 6.16 Å². The molecule has 2 aromatic rings. The maximum atomic E-state index is 14.1. The quantitative estimate of drug-likeness (QED) is 0.323. The lowest BCUT2D eigenvalue weighted by molar-refractivity contribution is -0.00816. The first kappa shape index (κ1) is 30.0. The first-order valence-electron chi connectivity index (χ1n) is 14.6. The summed E-state index contributed by atoms with van der Waals surface area (Å²) in [6.45, 7) is 3.80. The molecule has 0 aliphatic carbocycles. The lowest BCUT2D eigenvalue weighted by Gasteiger charge is -2.36. The van der Waals surface area contributed by atoms with Gasteiger partial charge in [0, 0.05) is 63.1 Å². The summed E-state index contributed by atoms with van der Waals surface area (Å²) in [4.78, 5) is 58.6. The second kappa shape index (κ2) is 12.9. The third-order valence-corrected chi connectivity index (χ3v) is 8.44. The van der Waals surface area contributed by atoms with Crippen molar-refractivity contribution in [2.75, 3.05) is 59.3 Å². The molecule has 236 valence electrons. The second-order valence-electron chi connectivity index (χ2n) is 11.1. The zero-order valence-corrected chi connectivity index (χ0v) is 24.0. The van der Waals surface area contributed by atoms with Crippen molar-refractivity contribution in [2.24, 2.45) is 0 Å². The normalized spacial score (nSPS) is 21.4. The van der Waals surface area contributed by atoms with Crippen LogP contribution in [-0.4, -0.2) is 109 Å². The van der Waals surface area contributed by atoms with Gasteiger partial charge in [0.1, 0.15) is 30.0 Å². The van der Waals surface area contributed by atoms with Crippen LogP contribution in [-0.2, 0) is 27.3 Å². The Bertz CT molecular complexity index is 1500. The molecule has 1 aromatic heterocycles. The van der Waals surface area contributed by atoms with Crippen molar-refractivity contribution in [1.82, 2.24) is 24.6 Å². The molecule has 3 fully saturated rings. The number of benzene rings is 1.